The van der Waals surface area contributed by atoms with Crippen molar-refractivity contribution in [2.45, 2.75) is 64.1 Å². The molecule has 3 rings (SSSR count). The van der Waals surface area contributed by atoms with E-state index in [1.807, 2.05) is 19.9 Å². The van der Waals surface area contributed by atoms with Crippen LogP contribution in [-0.2, 0) is 12.8 Å². The van der Waals surface area contributed by atoms with Crippen LogP contribution in [0.5, 0.6) is 11.5 Å². The summed E-state index contributed by atoms with van der Waals surface area (Å²) in [6, 6.07) is 1.92. The lowest BCUT2D eigenvalue weighted by Crippen LogP contribution is -2.47. The van der Waals surface area contributed by atoms with Gasteiger partial charge in [0, 0.05) is 17.5 Å². The predicted octanol–water partition coefficient (Wildman–Crippen LogP) is 3.26. The highest BCUT2D eigenvalue weighted by Gasteiger charge is 2.46. The largest absolute Gasteiger partial charge is 0.507 e. The summed E-state index contributed by atoms with van der Waals surface area (Å²) in [5, 5.41) is 20.8. The summed E-state index contributed by atoms with van der Waals surface area (Å²) >= 11 is 0. The van der Waals surface area contributed by atoms with E-state index in [1.54, 1.807) is 0 Å². The van der Waals surface area contributed by atoms with Gasteiger partial charge in [-0.25, -0.2) is 0 Å². The molecule has 0 aromatic heterocycles. The molecule has 1 saturated carbocycles. The summed E-state index contributed by atoms with van der Waals surface area (Å²) in [7, 11) is 0. The summed E-state index contributed by atoms with van der Waals surface area (Å²) in [5.74, 6) is 1.14. The molecule has 1 fully saturated rings. The number of phenols is 1. The molecule has 0 bridgehead atoms. The highest BCUT2D eigenvalue weighted by atomic mass is 16.5. The molecular weight excluding hydrogens is 240 g/mol. The van der Waals surface area contributed by atoms with Gasteiger partial charge in [-0.2, -0.15) is 0 Å². The van der Waals surface area contributed by atoms with Crippen LogP contribution in [0.2, 0.25) is 0 Å². The Morgan fingerprint density at radius 3 is 2.58 bits per heavy atom. The van der Waals surface area contributed by atoms with Crippen LogP contribution in [0, 0.1) is 0 Å². The van der Waals surface area contributed by atoms with Crippen molar-refractivity contribution in [3.8, 4) is 11.5 Å². The van der Waals surface area contributed by atoms with Gasteiger partial charge in [0.1, 0.15) is 17.1 Å². The van der Waals surface area contributed by atoms with Crippen LogP contribution >= 0.6 is 0 Å². The number of hydrogen-bond donors (Lipinski definition) is 2. The van der Waals surface area contributed by atoms with E-state index in [4.69, 9.17) is 4.74 Å². The van der Waals surface area contributed by atoms with Crippen LogP contribution in [0.15, 0.2) is 6.07 Å². The fourth-order valence-corrected chi connectivity index (χ4v) is 3.46. The van der Waals surface area contributed by atoms with E-state index in [-0.39, 0.29) is 5.60 Å². The molecule has 1 spiro atoms. The quantitative estimate of drug-likeness (QED) is 0.860. The SMILES string of the molecule is CCc1cc2c(c(CC)c1O)[C@H](O)CC1(CCC1)O2. The van der Waals surface area contributed by atoms with Gasteiger partial charge >= 0.3 is 0 Å². The molecule has 1 aromatic carbocycles. The molecule has 1 heterocycles. The molecule has 0 radical (unpaired) electrons. The standard InChI is InChI=1S/C16H22O3/c1-3-10-8-13-14(11(4-2)15(10)18)12(17)9-16(19-13)6-5-7-16/h8,12,17-18H,3-7,9H2,1-2H3/t12-/m1/s1. The first-order valence-corrected chi connectivity index (χ1v) is 7.35. The van der Waals surface area contributed by atoms with Crippen molar-refractivity contribution in [2.75, 3.05) is 0 Å². The molecule has 0 saturated heterocycles. The zero-order chi connectivity index (χ0) is 13.6. The molecule has 2 aliphatic rings. The van der Waals surface area contributed by atoms with Crippen molar-refractivity contribution in [3.63, 3.8) is 0 Å². The normalized spacial score (nSPS) is 23.6. The zero-order valence-electron chi connectivity index (χ0n) is 11.7. The topological polar surface area (TPSA) is 49.7 Å². The van der Waals surface area contributed by atoms with Crippen molar-refractivity contribution in [3.05, 3.63) is 22.8 Å². The van der Waals surface area contributed by atoms with E-state index in [1.165, 1.54) is 6.42 Å². The summed E-state index contributed by atoms with van der Waals surface area (Å²) in [5.41, 5.74) is 2.45. The van der Waals surface area contributed by atoms with Gasteiger partial charge in [-0.3, -0.25) is 0 Å². The number of hydrogen-bond acceptors (Lipinski definition) is 3. The van der Waals surface area contributed by atoms with Crippen molar-refractivity contribution >= 4 is 0 Å². The van der Waals surface area contributed by atoms with Gasteiger partial charge in [-0.15, -0.1) is 0 Å². The van der Waals surface area contributed by atoms with Crippen LogP contribution in [0.25, 0.3) is 0 Å². The lowest BCUT2D eigenvalue weighted by molar-refractivity contribution is -0.0668. The Labute approximate surface area is 114 Å². The third kappa shape index (κ3) is 1.83. The fraction of sp³-hybridized carbons (Fsp3) is 0.625. The highest BCUT2D eigenvalue weighted by Crippen LogP contribution is 2.51. The Morgan fingerprint density at radius 1 is 1.32 bits per heavy atom. The number of fused-ring (bicyclic) bond motifs is 1. The Bertz CT molecular complexity index is 503. The molecular formula is C16H22O3. The first-order chi connectivity index (χ1) is 9.10. The maximum atomic E-state index is 10.5. The van der Waals surface area contributed by atoms with Gasteiger partial charge in [0.05, 0.1) is 6.10 Å². The second-order valence-electron chi connectivity index (χ2n) is 5.84. The molecule has 1 aliphatic heterocycles. The minimum absolute atomic E-state index is 0.139. The van der Waals surface area contributed by atoms with Crippen molar-refractivity contribution in [1.82, 2.24) is 0 Å². The lowest BCUT2D eigenvalue weighted by Gasteiger charge is -2.47. The maximum Gasteiger partial charge on any atom is 0.126 e. The molecule has 19 heavy (non-hydrogen) atoms. The second-order valence-corrected chi connectivity index (χ2v) is 5.84. The van der Waals surface area contributed by atoms with Crippen LogP contribution < -0.4 is 4.74 Å². The number of rotatable bonds is 2. The first kappa shape index (κ1) is 12.8. The van der Waals surface area contributed by atoms with E-state index >= 15 is 0 Å². The summed E-state index contributed by atoms with van der Waals surface area (Å²) in [4.78, 5) is 0. The number of phenolic OH excluding ortho intramolecular Hbond substituents is 1. The molecule has 1 aromatic rings. The predicted molar refractivity (Wildman–Crippen MR) is 73.6 cm³/mol. The molecule has 0 amide bonds. The summed E-state index contributed by atoms with van der Waals surface area (Å²) in [6.07, 6.45) is 4.91. The van der Waals surface area contributed by atoms with E-state index in [0.29, 0.717) is 12.2 Å². The summed E-state index contributed by atoms with van der Waals surface area (Å²) < 4.78 is 6.19. The van der Waals surface area contributed by atoms with Crippen molar-refractivity contribution in [1.29, 1.82) is 0 Å². The number of benzene rings is 1. The van der Waals surface area contributed by atoms with Gasteiger partial charge in [-0.05, 0) is 43.7 Å². The van der Waals surface area contributed by atoms with Gasteiger partial charge in [0.2, 0.25) is 0 Å². The van der Waals surface area contributed by atoms with Crippen molar-refractivity contribution < 1.29 is 14.9 Å². The van der Waals surface area contributed by atoms with Gasteiger partial charge in [0.25, 0.3) is 0 Å². The number of aliphatic hydroxyl groups excluding tert-OH is 1. The number of ether oxygens (including phenoxy) is 1. The van der Waals surface area contributed by atoms with Gasteiger partial charge < -0.3 is 14.9 Å². The maximum absolute atomic E-state index is 10.5. The third-order valence-electron chi connectivity index (χ3n) is 4.71. The number of aromatic hydroxyl groups is 1. The van der Waals surface area contributed by atoms with Crippen LogP contribution in [0.1, 0.15) is 62.3 Å². The molecule has 104 valence electrons. The van der Waals surface area contributed by atoms with E-state index in [0.717, 1.165) is 48.1 Å². The summed E-state index contributed by atoms with van der Waals surface area (Å²) in [6.45, 7) is 4.04. The Balaban J connectivity index is 2.12. The van der Waals surface area contributed by atoms with E-state index in [9.17, 15) is 10.2 Å². The van der Waals surface area contributed by atoms with Crippen LogP contribution in [-0.4, -0.2) is 15.8 Å². The van der Waals surface area contributed by atoms with Gasteiger partial charge in [0.15, 0.2) is 0 Å². The third-order valence-corrected chi connectivity index (χ3v) is 4.71. The van der Waals surface area contributed by atoms with Crippen molar-refractivity contribution in [2.24, 2.45) is 0 Å². The van der Waals surface area contributed by atoms with Crippen LogP contribution in [0.4, 0.5) is 0 Å². The van der Waals surface area contributed by atoms with E-state index < -0.39 is 6.10 Å². The molecule has 3 heteroatoms. The average molecular weight is 262 g/mol. The monoisotopic (exact) mass is 262 g/mol. The Kier molecular flexibility index (Phi) is 2.97. The average Bonchev–Trinajstić information content (AvgIpc) is 2.36. The molecule has 0 unspecified atom stereocenters. The molecule has 1 aliphatic carbocycles. The van der Waals surface area contributed by atoms with E-state index in [2.05, 4.69) is 0 Å². The number of aliphatic hydroxyl groups is 1. The number of aryl methyl sites for hydroxylation is 1. The first-order valence-electron chi connectivity index (χ1n) is 7.35. The Hall–Kier alpha value is -1.22. The van der Waals surface area contributed by atoms with Gasteiger partial charge in [-0.1, -0.05) is 13.8 Å². The smallest absolute Gasteiger partial charge is 0.126 e. The Morgan fingerprint density at radius 2 is 2.05 bits per heavy atom. The zero-order valence-corrected chi connectivity index (χ0v) is 11.7. The highest BCUT2D eigenvalue weighted by molar-refractivity contribution is 5.55. The fourth-order valence-electron chi connectivity index (χ4n) is 3.46. The second kappa shape index (κ2) is 4.41. The molecule has 3 nitrogen and oxygen atoms in total. The minimum Gasteiger partial charge on any atom is -0.507 e. The molecule has 1 atom stereocenters. The minimum atomic E-state index is -0.504. The van der Waals surface area contributed by atoms with Crippen LogP contribution in [0.3, 0.4) is 0 Å². The lowest BCUT2D eigenvalue weighted by atomic mass is 9.73. The molecule has 2 N–H and O–H groups in total.